The van der Waals surface area contributed by atoms with Crippen LogP contribution in [-0.4, -0.2) is 62.0 Å². The van der Waals surface area contributed by atoms with Gasteiger partial charge in [0.2, 0.25) is 0 Å². The quantitative estimate of drug-likeness (QED) is 0.763. The summed E-state index contributed by atoms with van der Waals surface area (Å²) >= 11 is 0. The molecule has 7 heteroatoms. The van der Waals surface area contributed by atoms with Crippen molar-refractivity contribution >= 4 is 17.5 Å². The van der Waals surface area contributed by atoms with Gasteiger partial charge in [-0.15, -0.1) is 0 Å². The molecule has 2 amide bonds. The number of carbonyl (C=O) groups is 2. The summed E-state index contributed by atoms with van der Waals surface area (Å²) in [5, 5.41) is 5.31. The van der Waals surface area contributed by atoms with E-state index in [1.807, 2.05) is 11.0 Å². The number of para-hydroxylation sites is 1. The molecule has 2 N–H and O–H groups in total. The molecule has 1 saturated carbocycles. The average molecular weight is 334 g/mol. The standard InChI is InChI=1S/C17H23FN4O2/c18-14-3-1-2-4-15(14)22-11-9-21(10-12-22)8-7-19-16(23)17(24)20-13-5-6-13/h1-4,13H,5-12H2,(H,19,23)(H,20,24). The van der Waals surface area contributed by atoms with Crippen LogP contribution < -0.4 is 15.5 Å². The zero-order valence-corrected chi connectivity index (χ0v) is 13.6. The van der Waals surface area contributed by atoms with E-state index in [0.29, 0.717) is 18.8 Å². The van der Waals surface area contributed by atoms with Crippen molar-refractivity contribution in [3.8, 4) is 0 Å². The van der Waals surface area contributed by atoms with Crippen molar-refractivity contribution in [1.82, 2.24) is 15.5 Å². The number of nitrogens with one attached hydrogen (secondary N) is 2. The number of benzene rings is 1. The van der Waals surface area contributed by atoms with Gasteiger partial charge in [-0.05, 0) is 25.0 Å². The molecular weight excluding hydrogens is 311 g/mol. The van der Waals surface area contributed by atoms with Crippen molar-refractivity contribution in [2.45, 2.75) is 18.9 Å². The number of piperazine rings is 1. The second-order valence-corrected chi connectivity index (χ2v) is 6.28. The lowest BCUT2D eigenvalue weighted by Crippen LogP contribution is -2.49. The van der Waals surface area contributed by atoms with Crippen LogP contribution in [0.15, 0.2) is 24.3 Å². The first kappa shape index (κ1) is 16.7. The third kappa shape index (κ3) is 4.44. The molecule has 1 heterocycles. The van der Waals surface area contributed by atoms with Gasteiger partial charge in [-0.3, -0.25) is 14.5 Å². The number of rotatable bonds is 5. The fourth-order valence-electron chi connectivity index (χ4n) is 2.81. The summed E-state index contributed by atoms with van der Waals surface area (Å²) in [4.78, 5) is 27.4. The largest absolute Gasteiger partial charge is 0.367 e. The fourth-order valence-corrected chi connectivity index (χ4v) is 2.81. The second-order valence-electron chi connectivity index (χ2n) is 6.28. The van der Waals surface area contributed by atoms with E-state index in [2.05, 4.69) is 15.5 Å². The van der Waals surface area contributed by atoms with E-state index in [-0.39, 0.29) is 11.9 Å². The zero-order valence-electron chi connectivity index (χ0n) is 13.6. The summed E-state index contributed by atoms with van der Waals surface area (Å²) in [7, 11) is 0. The molecule has 1 aromatic carbocycles. The van der Waals surface area contributed by atoms with Crippen LogP contribution in [0.4, 0.5) is 10.1 Å². The molecule has 0 spiro atoms. The van der Waals surface area contributed by atoms with Gasteiger partial charge < -0.3 is 15.5 Å². The summed E-state index contributed by atoms with van der Waals surface area (Å²) in [6, 6.07) is 6.99. The lowest BCUT2D eigenvalue weighted by molar-refractivity contribution is -0.139. The number of hydrogen-bond donors (Lipinski definition) is 2. The molecule has 130 valence electrons. The van der Waals surface area contributed by atoms with Crippen molar-refractivity contribution in [1.29, 1.82) is 0 Å². The number of amides is 2. The van der Waals surface area contributed by atoms with Crippen LogP contribution in [0.25, 0.3) is 0 Å². The van der Waals surface area contributed by atoms with Crippen molar-refractivity contribution in [2.24, 2.45) is 0 Å². The van der Waals surface area contributed by atoms with Gasteiger partial charge in [-0.2, -0.15) is 0 Å². The minimum absolute atomic E-state index is 0.190. The lowest BCUT2D eigenvalue weighted by Gasteiger charge is -2.36. The number of anilines is 1. The Labute approximate surface area is 141 Å². The highest BCUT2D eigenvalue weighted by atomic mass is 19.1. The molecule has 0 atom stereocenters. The van der Waals surface area contributed by atoms with Gasteiger partial charge in [0.1, 0.15) is 5.82 Å². The Hall–Kier alpha value is -2.15. The van der Waals surface area contributed by atoms with Crippen molar-refractivity contribution in [2.75, 3.05) is 44.2 Å². The number of carbonyl (C=O) groups excluding carboxylic acids is 2. The third-order valence-electron chi connectivity index (χ3n) is 4.40. The van der Waals surface area contributed by atoms with E-state index in [4.69, 9.17) is 0 Å². The Kier molecular flexibility index (Phi) is 5.30. The van der Waals surface area contributed by atoms with E-state index in [1.165, 1.54) is 6.07 Å². The van der Waals surface area contributed by atoms with Crippen LogP contribution in [0.1, 0.15) is 12.8 Å². The lowest BCUT2D eigenvalue weighted by atomic mass is 10.2. The SMILES string of the molecule is O=C(NCCN1CCN(c2ccccc2F)CC1)C(=O)NC1CC1. The topological polar surface area (TPSA) is 64.7 Å². The smallest absolute Gasteiger partial charge is 0.309 e. The average Bonchev–Trinajstić information content (AvgIpc) is 3.40. The highest BCUT2D eigenvalue weighted by Crippen LogP contribution is 2.20. The van der Waals surface area contributed by atoms with E-state index in [9.17, 15) is 14.0 Å². The summed E-state index contributed by atoms with van der Waals surface area (Å²) in [5.41, 5.74) is 0.641. The first-order valence-corrected chi connectivity index (χ1v) is 8.44. The maximum absolute atomic E-state index is 13.8. The number of nitrogens with zero attached hydrogens (tertiary/aromatic N) is 2. The van der Waals surface area contributed by atoms with Crippen LogP contribution in [-0.2, 0) is 9.59 Å². The molecule has 2 aliphatic rings. The minimum atomic E-state index is -0.563. The molecule has 24 heavy (non-hydrogen) atoms. The van der Waals surface area contributed by atoms with Crippen LogP contribution in [0.3, 0.4) is 0 Å². The molecule has 1 aliphatic heterocycles. The normalized spacial score (nSPS) is 18.3. The molecule has 1 aliphatic carbocycles. The van der Waals surface area contributed by atoms with Crippen LogP contribution in [0.5, 0.6) is 0 Å². The molecule has 0 bridgehead atoms. The molecule has 1 aromatic rings. The minimum Gasteiger partial charge on any atom is -0.367 e. The number of halogens is 1. The third-order valence-corrected chi connectivity index (χ3v) is 4.40. The predicted octanol–water partition coefficient (Wildman–Crippen LogP) is 0.342. The Morgan fingerprint density at radius 2 is 1.79 bits per heavy atom. The maximum atomic E-state index is 13.8. The summed E-state index contributed by atoms with van der Waals surface area (Å²) in [5.74, 6) is -1.30. The van der Waals surface area contributed by atoms with Crippen molar-refractivity contribution in [3.05, 3.63) is 30.1 Å². The Morgan fingerprint density at radius 3 is 2.46 bits per heavy atom. The molecule has 3 rings (SSSR count). The Balaban J connectivity index is 1.36. The molecule has 0 radical (unpaired) electrons. The maximum Gasteiger partial charge on any atom is 0.309 e. The van der Waals surface area contributed by atoms with E-state index >= 15 is 0 Å². The van der Waals surface area contributed by atoms with Crippen LogP contribution in [0, 0.1) is 5.82 Å². The van der Waals surface area contributed by atoms with Gasteiger partial charge in [0.15, 0.2) is 0 Å². The summed E-state index contributed by atoms with van der Waals surface area (Å²) in [6.45, 7) is 4.23. The van der Waals surface area contributed by atoms with Gasteiger partial charge in [0, 0.05) is 45.3 Å². The molecule has 6 nitrogen and oxygen atoms in total. The van der Waals surface area contributed by atoms with Gasteiger partial charge in [-0.25, -0.2) is 4.39 Å². The first-order chi connectivity index (χ1) is 11.6. The van der Waals surface area contributed by atoms with Gasteiger partial charge in [0.05, 0.1) is 5.69 Å². The monoisotopic (exact) mass is 334 g/mol. The van der Waals surface area contributed by atoms with Crippen LogP contribution >= 0.6 is 0 Å². The first-order valence-electron chi connectivity index (χ1n) is 8.44. The fraction of sp³-hybridized carbons (Fsp3) is 0.529. The van der Waals surface area contributed by atoms with E-state index in [1.54, 1.807) is 12.1 Å². The van der Waals surface area contributed by atoms with Crippen molar-refractivity contribution in [3.63, 3.8) is 0 Å². The molecule has 2 fully saturated rings. The molecule has 0 aromatic heterocycles. The Bertz CT molecular complexity index is 598. The number of hydrogen-bond acceptors (Lipinski definition) is 4. The second kappa shape index (κ2) is 7.61. The van der Waals surface area contributed by atoms with E-state index in [0.717, 1.165) is 39.0 Å². The van der Waals surface area contributed by atoms with Gasteiger partial charge >= 0.3 is 11.8 Å². The summed E-state index contributed by atoms with van der Waals surface area (Å²) < 4.78 is 13.8. The van der Waals surface area contributed by atoms with Gasteiger partial charge in [0.25, 0.3) is 0 Å². The highest BCUT2D eigenvalue weighted by Gasteiger charge is 2.26. The summed E-state index contributed by atoms with van der Waals surface area (Å²) in [6.07, 6.45) is 1.93. The van der Waals surface area contributed by atoms with E-state index < -0.39 is 11.8 Å². The molecular formula is C17H23FN4O2. The predicted molar refractivity (Wildman–Crippen MR) is 89.2 cm³/mol. The zero-order chi connectivity index (χ0) is 16.9. The van der Waals surface area contributed by atoms with Gasteiger partial charge in [-0.1, -0.05) is 12.1 Å². The Morgan fingerprint density at radius 1 is 1.08 bits per heavy atom. The molecule has 1 saturated heterocycles. The van der Waals surface area contributed by atoms with Crippen LogP contribution in [0.2, 0.25) is 0 Å². The highest BCUT2D eigenvalue weighted by molar-refractivity contribution is 6.35. The molecule has 0 unspecified atom stereocenters. The van der Waals surface area contributed by atoms with Crippen molar-refractivity contribution < 1.29 is 14.0 Å².